The molecule has 1 aliphatic rings. The maximum Gasteiger partial charge on any atom is 0.306 e. The fraction of sp³-hybridized carbons (Fsp3) is 0.900. The predicted octanol–water partition coefficient (Wildman–Crippen LogP) is -0.208. The van der Waals surface area contributed by atoms with Crippen molar-refractivity contribution in [3.05, 3.63) is 0 Å². The Kier molecular flexibility index (Phi) is 5.60. The first-order chi connectivity index (χ1) is 7.24. The van der Waals surface area contributed by atoms with Gasteiger partial charge in [0, 0.05) is 6.54 Å². The van der Waals surface area contributed by atoms with Crippen LogP contribution in [0.5, 0.6) is 0 Å². The van der Waals surface area contributed by atoms with Crippen molar-refractivity contribution in [3.8, 4) is 0 Å². The quantitative estimate of drug-likeness (QED) is 0.603. The van der Waals surface area contributed by atoms with E-state index in [9.17, 15) is 4.79 Å². The maximum absolute atomic E-state index is 10.7. The van der Waals surface area contributed by atoms with Gasteiger partial charge in [-0.15, -0.1) is 0 Å². The van der Waals surface area contributed by atoms with Crippen molar-refractivity contribution in [2.24, 2.45) is 5.92 Å². The summed E-state index contributed by atoms with van der Waals surface area (Å²) in [5.41, 5.74) is 0. The second-order valence-electron chi connectivity index (χ2n) is 3.79. The summed E-state index contributed by atoms with van der Waals surface area (Å²) in [5.74, 6) is -0.842. The summed E-state index contributed by atoms with van der Waals surface area (Å²) in [4.78, 5) is 12.9. The maximum atomic E-state index is 10.7. The molecule has 0 radical (unpaired) electrons. The van der Waals surface area contributed by atoms with Crippen molar-refractivity contribution in [1.29, 1.82) is 0 Å². The van der Waals surface area contributed by atoms with Gasteiger partial charge in [0.2, 0.25) is 0 Å². The number of hydrogen-bond donors (Lipinski definition) is 2. The van der Waals surface area contributed by atoms with Gasteiger partial charge in [-0.25, -0.2) is 0 Å². The van der Waals surface area contributed by atoms with Gasteiger partial charge in [0.05, 0.1) is 25.7 Å². The molecule has 1 aliphatic heterocycles. The molecule has 5 heteroatoms. The number of hydrogen-bond acceptors (Lipinski definition) is 4. The molecule has 0 unspecified atom stereocenters. The van der Waals surface area contributed by atoms with Crippen LogP contribution in [0.2, 0.25) is 0 Å². The van der Waals surface area contributed by atoms with E-state index in [4.69, 9.17) is 14.9 Å². The summed E-state index contributed by atoms with van der Waals surface area (Å²) in [6.45, 7) is 3.54. The van der Waals surface area contributed by atoms with Crippen molar-refractivity contribution < 1.29 is 19.7 Å². The van der Waals surface area contributed by atoms with E-state index in [0.717, 1.165) is 32.5 Å². The number of aliphatic hydroxyl groups excluding tert-OH is 1. The van der Waals surface area contributed by atoms with E-state index >= 15 is 0 Å². The lowest BCUT2D eigenvalue weighted by molar-refractivity contribution is -0.143. The Balaban J connectivity index is 2.07. The highest BCUT2D eigenvalue weighted by molar-refractivity contribution is 5.70. The molecule has 88 valence electrons. The van der Waals surface area contributed by atoms with Crippen molar-refractivity contribution in [2.45, 2.75) is 12.8 Å². The standard InChI is InChI=1S/C10H19NO4/c12-6-8-15-7-5-11-3-1-9(2-4-11)10(13)14/h9,12H,1-8H2,(H,13,14). The molecule has 15 heavy (non-hydrogen) atoms. The predicted molar refractivity (Wildman–Crippen MR) is 54.7 cm³/mol. The van der Waals surface area contributed by atoms with E-state index in [-0.39, 0.29) is 12.5 Å². The molecule has 0 aromatic carbocycles. The average Bonchev–Trinajstić information content (AvgIpc) is 2.25. The first-order valence-electron chi connectivity index (χ1n) is 5.38. The highest BCUT2D eigenvalue weighted by Gasteiger charge is 2.23. The molecule has 0 amide bonds. The van der Waals surface area contributed by atoms with Crippen LogP contribution in [0.1, 0.15) is 12.8 Å². The van der Waals surface area contributed by atoms with Gasteiger partial charge in [-0.05, 0) is 25.9 Å². The molecule has 0 atom stereocenters. The number of ether oxygens (including phenoxy) is 1. The molecule has 0 aliphatic carbocycles. The second kappa shape index (κ2) is 6.76. The minimum absolute atomic E-state index is 0.0566. The normalized spacial score (nSPS) is 19.3. The monoisotopic (exact) mass is 217 g/mol. The van der Waals surface area contributed by atoms with Crippen LogP contribution < -0.4 is 0 Å². The molecule has 2 N–H and O–H groups in total. The fourth-order valence-electron chi connectivity index (χ4n) is 1.76. The summed E-state index contributed by atoms with van der Waals surface area (Å²) < 4.78 is 5.15. The van der Waals surface area contributed by atoms with Crippen LogP contribution in [0, 0.1) is 5.92 Å². The zero-order valence-corrected chi connectivity index (χ0v) is 8.89. The molecule has 1 rings (SSSR count). The molecule has 5 nitrogen and oxygen atoms in total. The summed E-state index contributed by atoms with van der Waals surface area (Å²) in [6.07, 6.45) is 1.46. The zero-order valence-electron chi connectivity index (χ0n) is 8.89. The first kappa shape index (κ1) is 12.4. The Bertz CT molecular complexity index is 190. The van der Waals surface area contributed by atoms with Crippen LogP contribution in [0.25, 0.3) is 0 Å². The smallest absolute Gasteiger partial charge is 0.306 e. The largest absolute Gasteiger partial charge is 0.481 e. The highest BCUT2D eigenvalue weighted by atomic mass is 16.5. The molecule has 0 aromatic rings. The van der Waals surface area contributed by atoms with Crippen molar-refractivity contribution in [3.63, 3.8) is 0 Å². The highest BCUT2D eigenvalue weighted by Crippen LogP contribution is 2.16. The van der Waals surface area contributed by atoms with E-state index in [1.807, 2.05) is 0 Å². The third-order valence-electron chi connectivity index (χ3n) is 2.72. The van der Waals surface area contributed by atoms with E-state index in [0.29, 0.717) is 13.2 Å². The van der Waals surface area contributed by atoms with Crippen LogP contribution in [-0.4, -0.2) is 60.5 Å². The van der Waals surface area contributed by atoms with Gasteiger partial charge < -0.3 is 19.8 Å². The summed E-state index contributed by atoms with van der Waals surface area (Å²) >= 11 is 0. The van der Waals surface area contributed by atoms with Crippen molar-refractivity contribution in [2.75, 3.05) is 39.5 Å². The Morgan fingerprint density at radius 1 is 1.33 bits per heavy atom. The third kappa shape index (κ3) is 4.59. The van der Waals surface area contributed by atoms with E-state index in [1.54, 1.807) is 0 Å². The molecular formula is C10H19NO4. The molecule has 0 saturated carbocycles. The molecular weight excluding hydrogens is 198 g/mol. The number of rotatable bonds is 6. The summed E-state index contributed by atoms with van der Waals surface area (Å²) in [5, 5.41) is 17.3. The number of carboxylic acid groups (broad SMARTS) is 1. The van der Waals surface area contributed by atoms with Gasteiger partial charge in [-0.3, -0.25) is 4.79 Å². The lowest BCUT2D eigenvalue weighted by Gasteiger charge is -2.29. The van der Waals surface area contributed by atoms with Gasteiger partial charge in [-0.2, -0.15) is 0 Å². The van der Waals surface area contributed by atoms with Gasteiger partial charge in [0.25, 0.3) is 0 Å². The number of piperidine rings is 1. The Labute approximate surface area is 89.6 Å². The lowest BCUT2D eigenvalue weighted by atomic mass is 9.97. The molecule has 0 spiro atoms. The molecule has 1 heterocycles. The number of carboxylic acids is 1. The molecule has 1 saturated heterocycles. The van der Waals surface area contributed by atoms with Crippen molar-refractivity contribution in [1.82, 2.24) is 4.90 Å². The third-order valence-corrected chi connectivity index (χ3v) is 2.72. The van der Waals surface area contributed by atoms with Gasteiger partial charge in [-0.1, -0.05) is 0 Å². The molecule has 0 bridgehead atoms. The SMILES string of the molecule is O=C(O)C1CCN(CCOCCO)CC1. The number of nitrogens with zero attached hydrogens (tertiary/aromatic N) is 1. The summed E-state index contributed by atoms with van der Waals surface area (Å²) in [6, 6.07) is 0. The van der Waals surface area contributed by atoms with E-state index in [1.165, 1.54) is 0 Å². The van der Waals surface area contributed by atoms with Crippen LogP contribution in [0.4, 0.5) is 0 Å². The number of aliphatic hydroxyl groups is 1. The number of carbonyl (C=O) groups is 1. The second-order valence-corrected chi connectivity index (χ2v) is 3.79. The van der Waals surface area contributed by atoms with E-state index in [2.05, 4.69) is 4.90 Å². The van der Waals surface area contributed by atoms with Gasteiger partial charge in [0.15, 0.2) is 0 Å². The van der Waals surface area contributed by atoms with Crippen LogP contribution in [0.15, 0.2) is 0 Å². The first-order valence-corrected chi connectivity index (χ1v) is 5.38. The van der Waals surface area contributed by atoms with Crippen molar-refractivity contribution >= 4 is 5.97 Å². The zero-order chi connectivity index (χ0) is 11.1. The van der Waals surface area contributed by atoms with Crippen LogP contribution >= 0.6 is 0 Å². The van der Waals surface area contributed by atoms with E-state index < -0.39 is 5.97 Å². The topological polar surface area (TPSA) is 70.0 Å². The Hall–Kier alpha value is -0.650. The van der Waals surface area contributed by atoms with Gasteiger partial charge in [0.1, 0.15) is 0 Å². The number of likely N-dealkylation sites (tertiary alicyclic amines) is 1. The van der Waals surface area contributed by atoms with Crippen LogP contribution in [0.3, 0.4) is 0 Å². The lowest BCUT2D eigenvalue weighted by Crippen LogP contribution is -2.38. The Morgan fingerprint density at radius 2 is 2.00 bits per heavy atom. The minimum atomic E-state index is -0.675. The Morgan fingerprint density at radius 3 is 2.53 bits per heavy atom. The minimum Gasteiger partial charge on any atom is -0.481 e. The summed E-state index contributed by atoms with van der Waals surface area (Å²) in [7, 11) is 0. The fourth-order valence-corrected chi connectivity index (χ4v) is 1.76. The molecule has 1 fully saturated rings. The van der Waals surface area contributed by atoms with Crippen LogP contribution in [-0.2, 0) is 9.53 Å². The number of aliphatic carboxylic acids is 1. The van der Waals surface area contributed by atoms with Gasteiger partial charge >= 0.3 is 5.97 Å². The molecule has 0 aromatic heterocycles. The average molecular weight is 217 g/mol.